The Kier molecular flexibility index (Phi) is 3.48. The first-order valence-electron chi connectivity index (χ1n) is 6.49. The average Bonchev–Trinajstić information content (AvgIpc) is 2.57. The maximum absolute atomic E-state index is 6.20. The standard InChI is InChI=1S/C14H18ClN2S/c1-17-10-3-4-11(17)8-12(7-10)18-14-5-2-9(16)6-13(14)15/h2,5,10-12H,3-4,7-8,16H2,1H3. The molecule has 0 aliphatic carbocycles. The van der Waals surface area contributed by atoms with Crippen LogP contribution in [0.1, 0.15) is 25.7 Å². The molecular formula is C14H18ClN2S. The smallest absolute Gasteiger partial charge is 0.0642 e. The summed E-state index contributed by atoms with van der Waals surface area (Å²) < 4.78 is 0. The SMILES string of the molecule is CN1C2CCC1CC(Sc1ccc(N)[c]c1Cl)C2. The molecule has 0 spiro atoms. The lowest BCUT2D eigenvalue weighted by molar-refractivity contribution is 0.183. The summed E-state index contributed by atoms with van der Waals surface area (Å²) in [6.07, 6.45) is 5.27. The van der Waals surface area contributed by atoms with E-state index >= 15 is 0 Å². The second-order valence-electron chi connectivity index (χ2n) is 5.35. The molecule has 1 aromatic rings. The van der Waals surface area contributed by atoms with Crippen LogP contribution in [0.5, 0.6) is 0 Å². The normalized spacial score (nSPS) is 31.8. The zero-order valence-electron chi connectivity index (χ0n) is 10.5. The van der Waals surface area contributed by atoms with E-state index in [1.54, 1.807) is 0 Å². The number of benzene rings is 1. The second kappa shape index (κ2) is 4.95. The predicted octanol–water partition coefficient (Wildman–Crippen LogP) is 3.44. The maximum atomic E-state index is 6.20. The van der Waals surface area contributed by atoms with Crippen LogP contribution in [0.15, 0.2) is 17.0 Å². The van der Waals surface area contributed by atoms with Gasteiger partial charge in [-0.05, 0) is 44.9 Å². The Hall–Kier alpha value is -0.380. The summed E-state index contributed by atoms with van der Waals surface area (Å²) in [6, 6.07) is 8.45. The molecule has 2 fully saturated rings. The Labute approximate surface area is 118 Å². The third kappa shape index (κ3) is 2.36. The molecular weight excluding hydrogens is 264 g/mol. The molecule has 2 heterocycles. The van der Waals surface area contributed by atoms with E-state index in [1.165, 1.54) is 25.7 Å². The summed E-state index contributed by atoms with van der Waals surface area (Å²) in [5.41, 5.74) is 6.30. The Morgan fingerprint density at radius 3 is 2.61 bits per heavy atom. The van der Waals surface area contributed by atoms with Gasteiger partial charge >= 0.3 is 0 Å². The fraction of sp³-hybridized carbons (Fsp3) is 0.571. The van der Waals surface area contributed by atoms with Gasteiger partial charge in [0.1, 0.15) is 0 Å². The predicted molar refractivity (Wildman–Crippen MR) is 78.2 cm³/mol. The Balaban J connectivity index is 1.70. The zero-order valence-corrected chi connectivity index (χ0v) is 12.1. The van der Waals surface area contributed by atoms with Crippen LogP contribution in [-0.4, -0.2) is 29.3 Å². The zero-order chi connectivity index (χ0) is 12.7. The number of piperidine rings is 1. The fourth-order valence-electron chi connectivity index (χ4n) is 3.20. The van der Waals surface area contributed by atoms with Gasteiger partial charge in [-0.15, -0.1) is 11.8 Å². The first-order chi connectivity index (χ1) is 8.63. The highest BCUT2D eigenvalue weighted by molar-refractivity contribution is 8.00. The molecule has 1 aromatic carbocycles. The number of fused-ring (bicyclic) bond motifs is 2. The van der Waals surface area contributed by atoms with Crippen molar-refractivity contribution < 1.29 is 0 Å². The van der Waals surface area contributed by atoms with E-state index in [0.717, 1.165) is 17.0 Å². The Morgan fingerprint density at radius 2 is 2.00 bits per heavy atom. The molecule has 0 amide bonds. The first-order valence-corrected chi connectivity index (χ1v) is 7.75. The van der Waals surface area contributed by atoms with Gasteiger partial charge in [-0.2, -0.15) is 0 Å². The fourth-order valence-corrected chi connectivity index (χ4v) is 4.80. The number of thioether (sulfide) groups is 1. The van der Waals surface area contributed by atoms with E-state index < -0.39 is 0 Å². The summed E-state index contributed by atoms with van der Waals surface area (Å²) >= 11 is 8.10. The highest BCUT2D eigenvalue weighted by Gasteiger charge is 2.38. The summed E-state index contributed by atoms with van der Waals surface area (Å²) in [5.74, 6) is 0. The number of hydrogen-bond acceptors (Lipinski definition) is 3. The molecule has 2 aliphatic rings. The molecule has 2 bridgehead atoms. The van der Waals surface area contributed by atoms with Gasteiger partial charge in [0.2, 0.25) is 0 Å². The minimum atomic E-state index is 0.618. The van der Waals surface area contributed by atoms with Crippen molar-refractivity contribution in [2.75, 3.05) is 12.8 Å². The molecule has 2 atom stereocenters. The Bertz CT molecular complexity index is 437. The molecule has 1 radical (unpaired) electrons. The van der Waals surface area contributed by atoms with E-state index in [1.807, 2.05) is 23.9 Å². The van der Waals surface area contributed by atoms with E-state index in [9.17, 15) is 0 Å². The van der Waals surface area contributed by atoms with Gasteiger partial charge in [0.25, 0.3) is 0 Å². The molecule has 2 saturated heterocycles. The average molecular weight is 282 g/mol. The number of nitrogens with zero attached hydrogens (tertiary/aromatic N) is 1. The van der Waals surface area contributed by atoms with Gasteiger partial charge in [-0.1, -0.05) is 11.6 Å². The van der Waals surface area contributed by atoms with Crippen molar-refractivity contribution in [2.24, 2.45) is 0 Å². The van der Waals surface area contributed by atoms with Gasteiger partial charge < -0.3 is 10.6 Å². The highest BCUT2D eigenvalue weighted by atomic mass is 35.5. The van der Waals surface area contributed by atoms with Crippen LogP contribution in [0, 0.1) is 6.07 Å². The van der Waals surface area contributed by atoms with Crippen LogP contribution in [0.3, 0.4) is 0 Å². The Morgan fingerprint density at radius 1 is 1.33 bits per heavy atom. The van der Waals surface area contributed by atoms with Crippen LogP contribution in [0.4, 0.5) is 5.69 Å². The van der Waals surface area contributed by atoms with Crippen molar-refractivity contribution in [3.8, 4) is 0 Å². The molecule has 4 heteroatoms. The van der Waals surface area contributed by atoms with Gasteiger partial charge in [0, 0.05) is 34.0 Å². The molecule has 0 aromatic heterocycles. The van der Waals surface area contributed by atoms with Crippen LogP contribution < -0.4 is 5.73 Å². The number of halogens is 1. The van der Waals surface area contributed by atoms with Crippen molar-refractivity contribution in [2.45, 2.75) is 47.9 Å². The lowest BCUT2D eigenvalue weighted by atomic mass is 10.0. The van der Waals surface area contributed by atoms with Crippen LogP contribution >= 0.6 is 23.4 Å². The van der Waals surface area contributed by atoms with Gasteiger partial charge in [0.05, 0.1) is 5.02 Å². The van der Waals surface area contributed by atoms with Crippen molar-refractivity contribution >= 4 is 29.1 Å². The van der Waals surface area contributed by atoms with Gasteiger partial charge in [-0.25, -0.2) is 0 Å². The summed E-state index contributed by atoms with van der Waals surface area (Å²) in [6.45, 7) is 0. The van der Waals surface area contributed by atoms with Crippen LogP contribution in [0.25, 0.3) is 0 Å². The highest BCUT2D eigenvalue weighted by Crippen LogP contribution is 2.42. The molecule has 2 N–H and O–H groups in total. The molecule has 97 valence electrons. The van der Waals surface area contributed by atoms with Gasteiger partial charge in [0.15, 0.2) is 0 Å². The molecule has 2 unspecified atom stereocenters. The third-order valence-electron chi connectivity index (χ3n) is 4.23. The third-order valence-corrected chi connectivity index (χ3v) is 5.96. The number of nitrogens with two attached hydrogens (primary N) is 1. The summed E-state index contributed by atoms with van der Waals surface area (Å²) in [5, 5.41) is 1.36. The van der Waals surface area contributed by atoms with Crippen molar-refractivity contribution in [3.63, 3.8) is 0 Å². The van der Waals surface area contributed by atoms with E-state index in [-0.39, 0.29) is 0 Å². The van der Waals surface area contributed by atoms with E-state index in [0.29, 0.717) is 16.0 Å². The number of hydrogen-bond donors (Lipinski definition) is 1. The van der Waals surface area contributed by atoms with Crippen molar-refractivity contribution in [1.82, 2.24) is 4.90 Å². The maximum Gasteiger partial charge on any atom is 0.0642 e. The molecule has 2 nitrogen and oxygen atoms in total. The summed E-state index contributed by atoms with van der Waals surface area (Å²) in [4.78, 5) is 3.69. The van der Waals surface area contributed by atoms with Crippen LogP contribution in [0.2, 0.25) is 5.02 Å². The minimum Gasteiger partial charge on any atom is -0.398 e. The quantitative estimate of drug-likeness (QED) is 0.842. The topological polar surface area (TPSA) is 29.3 Å². The van der Waals surface area contributed by atoms with Crippen molar-refractivity contribution in [3.05, 3.63) is 23.2 Å². The minimum absolute atomic E-state index is 0.618. The van der Waals surface area contributed by atoms with Crippen LogP contribution in [-0.2, 0) is 0 Å². The van der Waals surface area contributed by atoms with E-state index in [2.05, 4.69) is 18.0 Å². The lowest BCUT2D eigenvalue weighted by Gasteiger charge is -2.36. The number of rotatable bonds is 2. The van der Waals surface area contributed by atoms with Gasteiger partial charge in [-0.3, -0.25) is 0 Å². The summed E-state index contributed by atoms with van der Waals surface area (Å²) in [7, 11) is 2.27. The monoisotopic (exact) mass is 281 g/mol. The number of nitrogen functional groups attached to an aromatic ring is 1. The van der Waals surface area contributed by atoms with Crippen molar-refractivity contribution in [1.29, 1.82) is 0 Å². The largest absolute Gasteiger partial charge is 0.398 e. The molecule has 3 rings (SSSR count). The first kappa shape index (κ1) is 12.6. The lowest BCUT2D eigenvalue weighted by Crippen LogP contribution is -2.40. The molecule has 0 saturated carbocycles. The van der Waals surface area contributed by atoms with E-state index in [4.69, 9.17) is 17.3 Å². The second-order valence-corrected chi connectivity index (χ2v) is 7.07. The molecule has 2 aliphatic heterocycles. The molecule has 18 heavy (non-hydrogen) atoms. The number of anilines is 1.